The monoisotopic (exact) mass is 614 g/mol. The molecule has 0 aliphatic heterocycles. The van der Waals surface area contributed by atoms with E-state index in [2.05, 4.69) is 6.92 Å². The fourth-order valence-electron chi connectivity index (χ4n) is 5.02. The van der Waals surface area contributed by atoms with Gasteiger partial charge in [-0.25, -0.2) is 0 Å². The van der Waals surface area contributed by atoms with E-state index in [9.17, 15) is 30.0 Å². The predicted octanol–water partition coefficient (Wildman–Crippen LogP) is 7.59. The van der Waals surface area contributed by atoms with Crippen LogP contribution in [-0.2, 0) is 19.7 Å². The first-order valence-corrected chi connectivity index (χ1v) is 14.8. The number of esters is 1. The van der Waals surface area contributed by atoms with E-state index in [0.717, 1.165) is 44.5 Å². The molecule has 4 aromatic rings. The van der Waals surface area contributed by atoms with Gasteiger partial charge in [0.2, 0.25) is 0 Å². The minimum atomic E-state index is -1.03. The number of carboxylic acid groups (broad SMARTS) is 1. The smallest absolute Gasteiger partial charge is 0.306 e. The van der Waals surface area contributed by atoms with E-state index >= 15 is 0 Å². The van der Waals surface area contributed by atoms with E-state index in [-0.39, 0.29) is 30.9 Å². The lowest BCUT2D eigenvalue weighted by Crippen LogP contribution is -2.25. The zero-order valence-electron chi connectivity index (χ0n) is 26.4. The number of hydrogen-bond donors (Lipinski definition) is 5. The Morgan fingerprint density at radius 2 is 1.02 bits per heavy atom. The molecule has 0 bridgehead atoms. The number of carbonyl (C=O) groups excluding carboxylic acids is 1. The predicted molar refractivity (Wildman–Crippen MR) is 174 cm³/mol. The van der Waals surface area contributed by atoms with Crippen LogP contribution in [0.15, 0.2) is 72.8 Å². The Hall–Kier alpha value is -4.98. The molecule has 0 aliphatic rings. The van der Waals surface area contributed by atoms with Gasteiger partial charge in [0, 0.05) is 5.41 Å². The van der Waals surface area contributed by atoms with Crippen LogP contribution in [0.25, 0.3) is 11.1 Å². The van der Waals surface area contributed by atoms with Crippen LogP contribution in [0.5, 0.6) is 23.0 Å². The number of aryl methyl sites for hydroxylation is 4. The fraction of sp³-hybridized carbons (Fsp3) is 0.297. The summed E-state index contributed by atoms with van der Waals surface area (Å²) in [6.07, 6.45) is 0.861. The molecule has 4 rings (SSSR count). The molecule has 0 aromatic heterocycles. The van der Waals surface area contributed by atoms with Crippen molar-refractivity contribution in [1.29, 1.82) is 0 Å². The molecule has 0 aliphatic carbocycles. The number of phenolic OH excluding ortho intramolecular Hbond substituents is 4. The number of hydrogen-bond acceptors (Lipinski definition) is 7. The third-order valence-electron chi connectivity index (χ3n) is 8.02. The molecule has 0 amide bonds. The summed E-state index contributed by atoms with van der Waals surface area (Å²) in [4.78, 5) is 22.2. The Bertz CT molecular complexity index is 1560. The summed E-state index contributed by atoms with van der Waals surface area (Å²) in [6, 6.07) is 22.0. The van der Waals surface area contributed by atoms with Crippen LogP contribution in [0.3, 0.4) is 0 Å². The summed E-state index contributed by atoms with van der Waals surface area (Å²) in [6.45, 7) is 9.69. The minimum absolute atomic E-state index is 0.138. The van der Waals surface area contributed by atoms with E-state index in [1.165, 1.54) is 0 Å². The van der Waals surface area contributed by atoms with Crippen molar-refractivity contribution in [3.8, 4) is 34.1 Å². The van der Waals surface area contributed by atoms with E-state index in [1.807, 2.05) is 76.2 Å². The Balaban J connectivity index is 0.000000289. The topological polar surface area (TPSA) is 145 Å². The van der Waals surface area contributed by atoms with Crippen LogP contribution < -0.4 is 0 Å². The summed E-state index contributed by atoms with van der Waals surface area (Å²) < 4.78 is 5.16. The van der Waals surface area contributed by atoms with Gasteiger partial charge in [0.1, 0.15) is 23.0 Å². The van der Waals surface area contributed by atoms with Crippen LogP contribution in [0, 0.1) is 27.7 Å². The molecule has 45 heavy (non-hydrogen) atoms. The molecule has 0 saturated carbocycles. The van der Waals surface area contributed by atoms with Crippen LogP contribution in [0.2, 0.25) is 0 Å². The van der Waals surface area contributed by atoms with Crippen molar-refractivity contribution in [2.24, 2.45) is 0 Å². The summed E-state index contributed by atoms with van der Waals surface area (Å²) >= 11 is 0. The van der Waals surface area contributed by atoms with Crippen LogP contribution >= 0.6 is 0 Å². The maximum Gasteiger partial charge on any atom is 0.306 e. The summed E-state index contributed by atoms with van der Waals surface area (Å²) in [5.41, 5.74) is 6.91. The van der Waals surface area contributed by atoms with E-state index in [1.54, 1.807) is 24.3 Å². The first kappa shape index (κ1) is 34.5. The van der Waals surface area contributed by atoms with Crippen molar-refractivity contribution < 1.29 is 39.9 Å². The van der Waals surface area contributed by atoms with Crippen LogP contribution in [0.1, 0.15) is 66.0 Å². The van der Waals surface area contributed by atoms with Gasteiger partial charge in [-0.3, -0.25) is 9.59 Å². The number of ether oxygens (including phenoxy) is 1. The molecular weight excluding hydrogens is 572 g/mol. The Kier molecular flexibility index (Phi) is 11.6. The number of aliphatic carboxylic acids is 1. The van der Waals surface area contributed by atoms with Gasteiger partial charge in [0.05, 0.1) is 19.4 Å². The Labute approximate surface area is 264 Å². The van der Waals surface area contributed by atoms with Gasteiger partial charge in [-0.05, 0) is 121 Å². The normalized spacial score (nSPS) is 11.0. The lowest BCUT2D eigenvalue weighted by Gasteiger charge is -2.32. The van der Waals surface area contributed by atoms with Crippen molar-refractivity contribution in [2.45, 2.75) is 65.7 Å². The van der Waals surface area contributed by atoms with Gasteiger partial charge in [-0.15, -0.1) is 0 Å². The molecule has 8 nitrogen and oxygen atoms in total. The molecule has 0 saturated heterocycles. The average Bonchev–Trinajstić information content (AvgIpc) is 3.00. The second-order valence-electron chi connectivity index (χ2n) is 11.6. The number of rotatable bonds is 10. The number of aromatic hydroxyl groups is 4. The molecule has 5 N–H and O–H groups in total. The summed E-state index contributed by atoms with van der Waals surface area (Å²) in [7, 11) is 0. The molecule has 0 fully saturated rings. The first-order valence-electron chi connectivity index (χ1n) is 14.8. The molecule has 0 heterocycles. The average molecular weight is 615 g/mol. The van der Waals surface area contributed by atoms with Crippen molar-refractivity contribution >= 4 is 11.9 Å². The molecule has 238 valence electrons. The maximum absolute atomic E-state index is 11.6. The van der Waals surface area contributed by atoms with Gasteiger partial charge >= 0.3 is 11.9 Å². The largest absolute Gasteiger partial charge is 0.508 e. The van der Waals surface area contributed by atoms with Crippen LogP contribution in [0.4, 0.5) is 0 Å². The first-order chi connectivity index (χ1) is 21.2. The molecule has 0 radical (unpaired) electrons. The summed E-state index contributed by atoms with van der Waals surface area (Å²) in [5, 5.41) is 47.3. The highest BCUT2D eigenvalue weighted by molar-refractivity contribution is 5.76. The van der Waals surface area contributed by atoms with Gasteiger partial charge in [-0.1, -0.05) is 43.3 Å². The number of benzene rings is 4. The summed E-state index contributed by atoms with van der Waals surface area (Å²) in [5.74, 6) is -0.482. The quantitative estimate of drug-likeness (QED) is 0.0908. The number of carboxylic acids is 1. The van der Waals surface area contributed by atoms with Gasteiger partial charge in [0.15, 0.2) is 0 Å². The SMILES string of the molecule is Cc1cc(-c2ccc(O)c(C)c2)ccc1O.Cc1cc(C(C)(CCCOC(=O)CCC(=O)O)c2ccc(O)c(C)c2)ccc1O. The highest BCUT2D eigenvalue weighted by Crippen LogP contribution is 2.39. The lowest BCUT2D eigenvalue weighted by atomic mass is 9.72. The molecule has 0 spiro atoms. The van der Waals surface area contributed by atoms with Crippen molar-refractivity contribution in [3.05, 3.63) is 106 Å². The Morgan fingerprint density at radius 3 is 1.40 bits per heavy atom. The molecular formula is C37H42O8. The van der Waals surface area contributed by atoms with Crippen molar-refractivity contribution in [3.63, 3.8) is 0 Å². The molecule has 8 heteroatoms. The third kappa shape index (κ3) is 9.25. The molecule has 0 atom stereocenters. The highest BCUT2D eigenvalue weighted by atomic mass is 16.5. The van der Waals surface area contributed by atoms with E-state index in [4.69, 9.17) is 9.84 Å². The maximum atomic E-state index is 11.6. The van der Waals surface area contributed by atoms with Gasteiger partial charge in [0.25, 0.3) is 0 Å². The number of carbonyl (C=O) groups is 2. The zero-order chi connectivity index (χ0) is 33.3. The van der Waals surface area contributed by atoms with E-state index in [0.29, 0.717) is 24.3 Å². The van der Waals surface area contributed by atoms with E-state index < -0.39 is 17.4 Å². The number of phenols is 4. The zero-order valence-corrected chi connectivity index (χ0v) is 26.4. The molecule has 4 aromatic carbocycles. The van der Waals surface area contributed by atoms with Crippen LogP contribution in [-0.4, -0.2) is 44.1 Å². The second kappa shape index (κ2) is 15.1. The molecule has 0 unspecified atom stereocenters. The third-order valence-corrected chi connectivity index (χ3v) is 8.02. The van der Waals surface area contributed by atoms with Gasteiger partial charge in [-0.2, -0.15) is 0 Å². The second-order valence-corrected chi connectivity index (χ2v) is 11.6. The highest BCUT2D eigenvalue weighted by Gasteiger charge is 2.29. The van der Waals surface area contributed by atoms with Crippen molar-refractivity contribution in [1.82, 2.24) is 0 Å². The van der Waals surface area contributed by atoms with Crippen molar-refractivity contribution in [2.75, 3.05) is 6.61 Å². The Morgan fingerprint density at radius 1 is 0.622 bits per heavy atom. The lowest BCUT2D eigenvalue weighted by molar-refractivity contribution is -0.147. The fourth-order valence-corrected chi connectivity index (χ4v) is 5.02. The minimum Gasteiger partial charge on any atom is -0.508 e. The standard InChI is InChI=1S/C23H28O6.C14H14O2/c1-15-13-17(5-7-19(15)24)23(3,18-6-8-20(25)16(2)14-18)11-4-12-29-22(28)10-9-21(26)27;1-9-7-11(3-5-13(9)15)12-4-6-14(16)10(2)8-12/h5-8,13-14,24-25H,4,9-12H2,1-3H3,(H,26,27);3-8,15-16H,1-2H3. The van der Waals surface area contributed by atoms with Gasteiger partial charge < -0.3 is 30.3 Å².